The zero-order chi connectivity index (χ0) is 19.9. The summed E-state index contributed by atoms with van der Waals surface area (Å²) < 4.78 is 31.2. The minimum Gasteiger partial charge on any atom is -0.494 e. The SMILES string of the molecule is CCCCOc1ccc(CNC(C)c2ccc(S(=O)(=O)N(C)C)cc2)cc1. The molecule has 0 radical (unpaired) electrons. The van der Waals surface area contributed by atoms with E-state index >= 15 is 0 Å². The zero-order valence-electron chi connectivity index (χ0n) is 16.6. The summed E-state index contributed by atoms with van der Waals surface area (Å²) >= 11 is 0. The molecule has 0 bridgehead atoms. The summed E-state index contributed by atoms with van der Waals surface area (Å²) in [7, 11) is -0.316. The van der Waals surface area contributed by atoms with E-state index in [-0.39, 0.29) is 6.04 Å². The smallest absolute Gasteiger partial charge is 0.242 e. The van der Waals surface area contributed by atoms with Crippen molar-refractivity contribution in [1.29, 1.82) is 0 Å². The summed E-state index contributed by atoms with van der Waals surface area (Å²) in [6.45, 7) is 5.70. The highest BCUT2D eigenvalue weighted by Gasteiger charge is 2.17. The minimum absolute atomic E-state index is 0.113. The Morgan fingerprint density at radius 1 is 1.04 bits per heavy atom. The highest BCUT2D eigenvalue weighted by Crippen LogP contribution is 2.19. The van der Waals surface area contributed by atoms with Gasteiger partial charge >= 0.3 is 0 Å². The molecular weight excluding hydrogens is 360 g/mol. The van der Waals surface area contributed by atoms with E-state index in [0.717, 1.165) is 37.3 Å². The monoisotopic (exact) mass is 390 g/mol. The van der Waals surface area contributed by atoms with Crippen molar-refractivity contribution < 1.29 is 13.2 Å². The summed E-state index contributed by atoms with van der Waals surface area (Å²) in [6.07, 6.45) is 2.19. The lowest BCUT2D eigenvalue weighted by atomic mass is 10.1. The molecule has 0 fully saturated rings. The molecule has 0 aliphatic rings. The van der Waals surface area contributed by atoms with Crippen LogP contribution in [0.2, 0.25) is 0 Å². The fraction of sp³-hybridized carbons (Fsp3) is 0.429. The second-order valence-corrected chi connectivity index (χ2v) is 8.96. The van der Waals surface area contributed by atoms with Gasteiger partial charge in [0.15, 0.2) is 0 Å². The molecule has 0 heterocycles. The standard InChI is InChI=1S/C21H30N2O3S/c1-5-6-15-26-20-11-7-18(8-12-20)16-22-17(2)19-9-13-21(14-10-19)27(24,25)23(3)4/h7-14,17,22H,5-6,15-16H2,1-4H3. The molecule has 0 spiro atoms. The van der Waals surface area contributed by atoms with Crippen LogP contribution < -0.4 is 10.1 Å². The number of rotatable bonds is 10. The molecule has 0 saturated carbocycles. The lowest BCUT2D eigenvalue weighted by molar-refractivity contribution is 0.309. The molecule has 1 unspecified atom stereocenters. The van der Waals surface area contributed by atoms with Crippen molar-refractivity contribution in [3.63, 3.8) is 0 Å². The maximum Gasteiger partial charge on any atom is 0.242 e. The summed E-state index contributed by atoms with van der Waals surface area (Å²) in [4.78, 5) is 0.308. The molecule has 6 heteroatoms. The van der Waals surface area contributed by atoms with Gasteiger partial charge < -0.3 is 10.1 Å². The van der Waals surface area contributed by atoms with Crippen molar-refractivity contribution >= 4 is 10.0 Å². The average Bonchev–Trinajstić information content (AvgIpc) is 2.67. The van der Waals surface area contributed by atoms with Crippen LogP contribution >= 0.6 is 0 Å². The van der Waals surface area contributed by atoms with Crippen LogP contribution in [0.4, 0.5) is 0 Å². The van der Waals surface area contributed by atoms with Crippen LogP contribution in [0.5, 0.6) is 5.75 Å². The lowest BCUT2D eigenvalue weighted by Gasteiger charge is -2.16. The number of ether oxygens (including phenoxy) is 1. The normalized spacial score (nSPS) is 12.9. The Kier molecular flexibility index (Phi) is 7.83. The summed E-state index contributed by atoms with van der Waals surface area (Å²) in [5, 5.41) is 3.47. The Bertz CT molecular complexity index is 800. The molecular formula is C21H30N2O3S. The van der Waals surface area contributed by atoms with Crippen LogP contribution in [-0.2, 0) is 16.6 Å². The van der Waals surface area contributed by atoms with Gasteiger partial charge in [0.1, 0.15) is 5.75 Å². The van der Waals surface area contributed by atoms with E-state index in [1.165, 1.54) is 24.0 Å². The zero-order valence-corrected chi connectivity index (χ0v) is 17.4. The Morgan fingerprint density at radius 2 is 1.67 bits per heavy atom. The van der Waals surface area contributed by atoms with Gasteiger partial charge in [-0.3, -0.25) is 0 Å². The molecule has 0 aromatic heterocycles. The molecule has 5 nitrogen and oxygen atoms in total. The van der Waals surface area contributed by atoms with E-state index in [2.05, 4.69) is 31.3 Å². The van der Waals surface area contributed by atoms with Crippen LogP contribution in [0.15, 0.2) is 53.4 Å². The molecule has 27 heavy (non-hydrogen) atoms. The highest BCUT2D eigenvalue weighted by molar-refractivity contribution is 7.89. The first kappa shape index (κ1) is 21.4. The van der Waals surface area contributed by atoms with E-state index in [4.69, 9.17) is 4.74 Å². The van der Waals surface area contributed by atoms with Gasteiger partial charge in [-0.2, -0.15) is 0 Å². The Labute approximate surface area is 163 Å². The van der Waals surface area contributed by atoms with Gasteiger partial charge in [0.2, 0.25) is 10.0 Å². The number of benzene rings is 2. The third-order valence-corrected chi connectivity index (χ3v) is 6.29. The Hall–Kier alpha value is -1.89. The quantitative estimate of drug-likeness (QED) is 0.624. The van der Waals surface area contributed by atoms with E-state index in [1.54, 1.807) is 12.1 Å². The van der Waals surface area contributed by atoms with Crippen molar-refractivity contribution in [2.24, 2.45) is 0 Å². The second kappa shape index (κ2) is 9.88. The van der Waals surface area contributed by atoms with E-state index in [1.807, 2.05) is 24.3 Å². The Balaban J connectivity index is 1.91. The fourth-order valence-electron chi connectivity index (χ4n) is 2.57. The maximum absolute atomic E-state index is 12.1. The van der Waals surface area contributed by atoms with Gasteiger partial charge in [-0.15, -0.1) is 0 Å². The van der Waals surface area contributed by atoms with Crippen molar-refractivity contribution in [3.05, 3.63) is 59.7 Å². The van der Waals surface area contributed by atoms with Crippen molar-refractivity contribution in [1.82, 2.24) is 9.62 Å². The predicted octanol–water partition coefficient (Wildman–Crippen LogP) is 3.97. The second-order valence-electron chi connectivity index (χ2n) is 6.81. The van der Waals surface area contributed by atoms with Crippen LogP contribution in [-0.4, -0.2) is 33.4 Å². The van der Waals surface area contributed by atoms with Gasteiger partial charge in [0.25, 0.3) is 0 Å². The summed E-state index contributed by atoms with van der Waals surface area (Å²) in [5.41, 5.74) is 2.23. The fourth-order valence-corrected chi connectivity index (χ4v) is 3.47. The predicted molar refractivity (Wildman–Crippen MR) is 109 cm³/mol. The van der Waals surface area contributed by atoms with E-state index in [0.29, 0.717) is 4.90 Å². The number of unbranched alkanes of at least 4 members (excludes halogenated alkanes) is 1. The largest absolute Gasteiger partial charge is 0.494 e. The van der Waals surface area contributed by atoms with Gasteiger partial charge in [-0.25, -0.2) is 12.7 Å². The molecule has 2 aromatic rings. The molecule has 1 N–H and O–H groups in total. The lowest BCUT2D eigenvalue weighted by Crippen LogP contribution is -2.22. The Morgan fingerprint density at radius 3 is 2.22 bits per heavy atom. The van der Waals surface area contributed by atoms with Crippen LogP contribution in [0.1, 0.15) is 43.9 Å². The summed E-state index contributed by atoms with van der Waals surface area (Å²) in [5.74, 6) is 0.901. The van der Waals surface area contributed by atoms with Crippen molar-refractivity contribution in [2.45, 2.75) is 44.2 Å². The van der Waals surface area contributed by atoms with Gasteiger partial charge in [-0.05, 0) is 48.7 Å². The van der Waals surface area contributed by atoms with Crippen LogP contribution in [0, 0.1) is 0 Å². The minimum atomic E-state index is -3.39. The van der Waals surface area contributed by atoms with E-state index < -0.39 is 10.0 Å². The topological polar surface area (TPSA) is 58.6 Å². The molecule has 148 valence electrons. The highest BCUT2D eigenvalue weighted by atomic mass is 32.2. The number of sulfonamides is 1. The molecule has 0 saturated heterocycles. The first-order valence-electron chi connectivity index (χ1n) is 9.32. The number of hydrogen-bond donors (Lipinski definition) is 1. The molecule has 0 amide bonds. The molecule has 0 aliphatic heterocycles. The first-order chi connectivity index (χ1) is 12.8. The third-order valence-electron chi connectivity index (χ3n) is 4.46. The first-order valence-corrected chi connectivity index (χ1v) is 10.8. The van der Waals surface area contributed by atoms with Crippen LogP contribution in [0.3, 0.4) is 0 Å². The van der Waals surface area contributed by atoms with E-state index in [9.17, 15) is 8.42 Å². The average molecular weight is 391 g/mol. The van der Waals surface area contributed by atoms with Crippen LogP contribution in [0.25, 0.3) is 0 Å². The molecule has 1 atom stereocenters. The molecule has 2 rings (SSSR count). The number of nitrogens with one attached hydrogen (secondary N) is 1. The summed E-state index contributed by atoms with van der Waals surface area (Å²) in [6, 6.07) is 15.3. The van der Waals surface area contributed by atoms with Gasteiger partial charge in [0.05, 0.1) is 11.5 Å². The maximum atomic E-state index is 12.1. The van der Waals surface area contributed by atoms with Crippen molar-refractivity contribution in [3.8, 4) is 5.75 Å². The van der Waals surface area contributed by atoms with Crippen molar-refractivity contribution in [2.75, 3.05) is 20.7 Å². The third kappa shape index (κ3) is 6.06. The van der Waals surface area contributed by atoms with Gasteiger partial charge in [-0.1, -0.05) is 37.6 Å². The molecule has 2 aromatic carbocycles. The van der Waals surface area contributed by atoms with Gasteiger partial charge in [0, 0.05) is 26.7 Å². The number of hydrogen-bond acceptors (Lipinski definition) is 4. The number of nitrogens with zero attached hydrogens (tertiary/aromatic N) is 1. The molecule has 0 aliphatic carbocycles.